The summed E-state index contributed by atoms with van der Waals surface area (Å²) in [6.07, 6.45) is 10.7. The van der Waals surface area contributed by atoms with Crippen LogP contribution in [-0.4, -0.2) is 52.7 Å². The molecule has 2 spiro atoms. The summed E-state index contributed by atoms with van der Waals surface area (Å²) in [5, 5.41) is 3.48. The Bertz CT molecular complexity index is 703. The maximum absolute atomic E-state index is 13.6. The zero-order valence-electron chi connectivity index (χ0n) is 16.5. The van der Waals surface area contributed by atoms with Gasteiger partial charge >= 0.3 is 0 Å². The van der Waals surface area contributed by atoms with E-state index in [1.54, 1.807) is 0 Å². The van der Waals surface area contributed by atoms with Crippen molar-refractivity contribution < 1.29 is 9.53 Å². The Morgan fingerprint density at radius 2 is 2.04 bits per heavy atom. The van der Waals surface area contributed by atoms with Gasteiger partial charge in [0.2, 0.25) is 5.91 Å². The van der Waals surface area contributed by atoms with Crippen molar-refractivity contribution in [2.24, 2.45) is 16.7 Å². The molecular weight excluding hydrogens is 340 g/mol. The quantitative estimate of drug-likeness (QED) is 0.861. The number of rotatable bonds is 5. The minimum Gasteiger partial charge on any atom is -0.381 e. The fraction of sp³-hybridized carbons (Fsp3) is 0.810. The summed E-state index contributed by atoms with van der Waals surface area (Å²) in [4.78, 5) is 20.4. The molecule has 1 aromatic rings. The third-order valence-corrected chi connectivity index (χ3v) is 7.84. The fourth-order valence-corrected chi connectivity index (χ4v) is 5.73. The molecule has 4 fully saturated rings. The summed E-state index contributed by atoms with van der Waals surface area (Å²) in [6.45, 7) is 7.54. The molecule has 6 heteroatoms. The molecule has 3 heterocycles. The van der Waals surface area contributed by atoms with E-state index in [4.69, 9.17) is 4.74 Å². The van der Waals surface area contributed by atoms with Crippen molar-refractivity contribution >= 4 is 5.91 Å². The van der Waals surface area contributed by atoms with E-state index in [1.807, 2.05) is 12.4 Å². The van der Waals surface area contributed by atoms with Crippen LogP contribution in [0, 0.1) is 16.7 Å². The van der Waals surface area contributed by atoms with E-state index in [2.05, 4.69) is 26.7 Å². The highest BCUT2D eigenvalue weighted by atomic mass is 16.5. The molecule has 2 atom stereocenters. The molecule has 2 saturated heterocycles. The topological polar surface area (TPSA) is 59.4 Å². The fourth-order valence-electron chi connectivity index (χ4n) is 5.73. The van der Waals surface area contributed by atoms with Gasteiger partial charge in [0.05, 0.1) is 6.54 Å². The summed E-state index contributed by atoms with van der Waals surface area (Å²) < 4.78 is 7.73. The van der Waals surface area contributed by atoms with Crippen molar-refractivity contribution in [2.45, 2.75) is 64.6 Å². The van der Waals surface area contributed by atoms with Gasteiger partial charge in [-0.2, -0.15) is 0 Å². The molecular formula is C21H32N4O2. The van der Waals surface area contributed by atoms with Gasteiger partial charge in [-0.3, -0.25) is 4.79 Å². The molecule has 6 nitrogen and oxygen atoms in total. The van der Waals surface area contributed by atoms with E-state index in [1.165, 1.54) is 19.3 Å². The minimum atomic E-state index is 0.214. The lowest BCUT2D eigenvalue weighted by Crippen LogP contribution is -2.41. The molecule has 27 heavy (non-hydrogen) atoms. The molecule has 1 N–H and O–H groups in total. The van der Waals surface area contributed by atoms with Crippen LogP contribution in [0.3, 0.4) is 0 Å². The maximum atomic E-state index is 13.6. The van der Waals surface area contributed by atoms with Gasteiger partial charge in [0, 0.05) is 44.1 Å². The second kappa shape index (κ2) is 6.59. The molecule has 0 unspecified atom stereocenters. The summed E-state index contributed by atoms with van der Waals surface area (Å²) >= 11 is 0. The Morgan fingerprint density at radius 1 is 1.26 bits per heavy atom. The van der Waals surface area contributed by atoms with Gasteiger partial charge in [0.15, 0.2) is 0 Å². The lowest BCUT2D eigenvalue weighted by Gasteiger charge is -2.31. The third-order valence-electron chi connectivity index (χ3n) is 7.84. The Labute approximate surface area is 161 Å². The maximum Gasteiger partial charge on any atom is 0.226 e. The van der Waals surface area contributed by atoms with E-state index >= 15 is 0 Å². The van der Waals surface area contributed by atoms with Crippen LogP contribution in [0.15, 0.2) is 12.4 Å². The number of carbonyl (C=O) groups is 1. The number of nitrogens with zero attached hydrogens (tertiary/aromatic N) is 3. The van der Waals surface area contributed by atoms with Gasteiger partial charge in [-0.25, -0.2) is 4.98 Å². The van der Waals surface area contributed by atoms with Crippen LogP contribution in [0.4, 0.5) is 0 Å². The largest absolute Gasteiger partial charge is 0.381 e. The summed E-state index contributed by atoms with van der Waals surface area (Å²) in [7, 11) is 0. The van der Waals surface area contributed by atoms with Gasteiger partial charge in [-0.05, 0) is 69.4 Å². The molecule has 2 aliphatic heterocycles. The Balaban J connectivity index is 1.36. The van der Waals surface area contributed by atoms with Crippen LogP contribution in [0.5, 0.6) is 0 Å². The van der Waals surface area contributed by atoms with Crippen LogP contribution in [0.25, 0.3) is 0 Å². The lowest BCUT2D eigenvalue weighted by atomic mass is 9.92. The van der Waals surface area contributed by atoms with Crippen LogP contribution in [-0.2, 0) is 22.6 Å². The number of hydrogen-bond acceptors (Lipinski definition) is 4. The first-order valence-corrected chi connectivity index (χ1v) is 10.8. The van der Waals surface area contributed by atoms with Gasteiger partial charge in [-0.15, -0.1) is 0 Å². The number of aryl methyl sites for hydroxylation is 1. The Kier molecular flexibility index (Phi) is 4.32. The second-order valence-corrected chi connectivity index (χ2v) is 9.16. The summed E-state index contributed by atoms with van der Waals surface area (Å²) in [6, 6.07) is 0.409. The van der Waals surface area contributed by atoms with E-state index in [0.29, 0.717) is 23.9 Å². The summed E-state index contributed by atoms with van der Waals surface area (Å²) in [5.41, 5.74) is 0.603. The average molecular weight is 373 g/mol. The van der Waals surface area contributed by atoms with Gasteiger partial charge in [0.25, 0.3) is 0 Å². The van der Waals surface area contributed by atoms with E-state index < -0.39 is 0 Å². The van der Waals surface area contributed by atoms with Gasteiger partial charge in [0.1, 0.15) is 5.82 Å². The molecule has 2 saturated carbocycles. The first-order valence-electron chi connectivity index (χ1n) is 10.8. The number of hydrogen-bond donors (Lipinski definition) is 1. The number of amides is 1. The monoisotopic (exact) mass is 372 g/mol. The second-order valence-electron chi connectivity index (χ2n) is 9.16. The standard InChI is InChI=1S/C21H32N4O2/c1-2-24-10-9-23-18(24)15-25(17-14-21(17)3-7-22-8-4-21)19(26)16-13-20(16)5-11-27-12-6-20/h9-10,16-17,22H,2-8,11-15H2,1H3/t16-,17+/m1/s1. The Morgan fingerprint density at radius 3 is 2.78 bits per heavy atom. The molecule has 0 radical (unpaired) electrons. The lowest BCUT2D eigenvalue weighted by molar-refractivity contribution is -0.136. The number of piperidine rings is 1. The predicted molar refractivity (Wildman–Crippen MR) is 102 cm³/mol. The first kappa shape index (κ1) is 17.7. The molecule has 2 aliphatic carbocycles. The van der Waals surface area contributed by atoms with E-state index in [-0.39, 0.29) is 11.3 Å². The van der Waals surface area contributed by atoms with E-state index in [9.17, 15) is 4.79 Å². The van der Waals surface area contributed by atoms with Crippen molar-refractivity contribution in [3.63, 3.8) is 0 Å². The molecule has 4 aliphatic rings. The van der Waals surface area contributed by atoms with Crippen LogP contribution in [0.2, 0.25) is 0 Å². The number of ether oxygens (including phenoxy) is 1. The molecule has 1 aromatic heterocycles. The van der Waals surface area contributed by atoms with Crippen molar-refractivity contribution in [1.29, 1.82) is 0 Å². The molecule has 0 bridgehead atoms. The highest BCUT2D eigenvalue weighted by Crippen LogP contribution is 2.62. The predicted octanol–water partition coefficient (Wildman–Crippen LogP) is 2.19. The first-order chi connectivity index (χ1) is 13.2. The molecule has 1 amide bonds. The molecule has 0 aromatic carbocycles. The number of imidazole rings is 1. The summed E-state index contributed by atoms with van der Waals surface area (Å²) in [5.74, 6) is 1.64. The average Bonchev–Trinajstić information content (AvgIpc) is 3.51. The minimum absolute atomic E-state index is 0.214. The van der Waals surface area contributed by atoms with Crippen LogP contribution in [0.1, 0.15) is 51.3 Å². The smallest absolute Gasteiger partial charge is 0.226 e. The van der Waals surface area contributed by atoms with E-state index in [0.717, 1.165) is 57.9 Å². The molecule has 148 valence electrons. The normalized spacial score (nSPS) is 30.4. The van der Waals surface area contributed by atoms with Crippen molar-refractivity contribution in [3.8, 4) is 0 Å². The zero-order chi connectivity index (χ0) is 18.5. The number of aromatic nitrogens is 2. The highest BCUT2D eigenvalue weighted by molar-refractivity contribution is 5.83. The number of carbonyl (C=O) groups excluding carboxylic acids is 1. The third kappa shape index (κ3) is 3.01. The van der Waals surface area contributed by atoms with Gasteiger partial charge < -0.3 is 19.5 Å². The van der Waals surface area contributed by atoms with Gasteiger partial charge in [-0.1, -0.05) is 0 Å². The highest BCUT2D eigenvalue weighted by Gasteiger charge is 2.63. The number of nitrogens with one attached hydrogen (secondary N) is 1. The van der Waals surface area contributed by atoms with Crippen LogP contribution >= 0.6 is 0 Å². The molecule has 5 rings (SSSR count). The zero-order valence-corrected chi connectivity index (χ0v) is 16.5. The Hall–Kier alpha value is -1.40. The van der Waals surface area contributed by atoms with Crippen LogP contribution < -0.4 is 5.32 Å². The van der Waals surface area contributed by atoms with Crippen molar-refractivity contribution in [3.05, 3.63) is 18.2 Å². The van der Waals surface area contributed by atoms with Crippen molar-refractivity contribution in [2.75, 3.05) is 26.3 Å². The van der Waals surface area contributed by atoms with Crippen molar-refractivity contribution in [1.82, 2.24) is 19.8 Å². The SMILES string of the molecule is CCn1ccnc1CN(C(=O)[C@H]1CC12CCOCC2)[C@H]1CC12CCNCC2.